The van der Waals surface area contributed by atoms with Crippen molar-refractivity contribution >= 4 is 28.8 Å². The van der Waals surface area contributed by atoms with Gasteiger partial charge in [0.05, 0.1) is 13.0 Å². The third-order valence-corrected chi connectivity index (χ3v) is 2.89. The Bertz CT molecular complexity index is 375. The van der Waals surface area contributed by atoms with Crippen LogP contribution in [0.15, 0.2) is 0 Å². The molecule has 0 saturated heterocycles. The Hall–Kier alpha value is -1.84. The van der Waals surface area contributed by atoms with Crippen molar-refractivity contribution in [3.05, 3.63) is 4.91 Å². The molecule has 114 valence electrons. The van der Waals surface area contributed by atoms with Gasteiger partial charge in [-0.15, -0.1) is 0 Å². The number of nitrogens with one attached hydrogen (secondary N) is 1. The summed E-state index contributed by atoms with van der Waals surface area (Å²) in [6, 6.07) is -0.920. The molecular formula is C10H17N2O7S+. The molecule has 9 nitrogen and oxygen atoms in total. The Labute approximate surface area is 119 Å². The number of thioether (sulfide) groups is 1. The predicted molar refractivity (Wildman–Crippen MR) is 67.7 cm³/mol. The summed E-state index contributed by atoms with van der Waals surface area (Å²) in [4.78, 5) is 48.0. The summed E-state index contributed by atoms with van der Waals surface area (Å²) in [5.74, 6) is -1.03. The van der Waals surface area contributed by atoms with E-state index in [-0.39, 0.29) is 30.5 Å². The van der Waals surface area contributed by atoms with Gasteiger partial charge in [0.25, 0.3) is 0 Å². The molecule has 10 heteroatoms. The van der Waals surface area contributed by atoms with Crippen molar-refractivity contribution in [2.75, 3.05) is 19.0 Å². The van der Waals surface area contributed by atoms with Gasteiger partial charge in [0.2, 0.25) is 5.91 Å². The highest BCUT2D eigenvalue weighted by molar-refractivity contribution is 8.13. The van der Waals surface area contributed by atoms with Gasteiger partial charge in [-0.2, -0.15) is 4.84 Å². The van der Waals surface area contributed by atoms with E-state index < -0.39 is 23.0 Å². The van der Waals surface area contributed by atoms with Crippen LogP contribution in [-0.2, 0) is 24.0 Å². The highest BCUT2D eigenvalue weighted by Crippen LogP contribution is 2.09. The zero-order chi connectivity index (χ0) is 15.5. The van der Waals surface area contributed by atoms with Gasteiger partial charge in [0.15, 0.2) is 11.7 Å². The second-order valence-corrected chi connectivity index (χ2v) is 4.59. The summed E-state index contributed by atoms with van der Waals surface area (Å²) >= 11 is 0.796. The van der Waals surface area contributed by atoms with Crippen molar-refractivity contribution in [2.45, 2.75) is 26.3 Å². The number of carbonyl (C=O) groups excluding carboxylic acids is 3. The smallest absolute Gasteiger partial charge is 0.464 e. The Morgan fingerprint density at radius 1 is 1.40 bits per heavy atom. The van der Waals surface area contributed by atoms with E-state index in [9.17, 15) is 19.3 Å². The lowest BCUT2D eigenvalue weighted by molar-refractivity contribution is -0.975. The van der Waals surface area contributed by atoms with Gasteiger partial charge in [-0.25, -0.2) is 10.0 Å². The molecule has 0 aromatic heterocycles. The first-order chi connectivity index (χ1) is 9.36. The van der Waals surface area contributed by atoms with Crippen molar-refractivity contribution in [1.82, 2.24) is 5.32 Å². The van der Waals surface area contributed by atoms with Crippen LogP contribution < -0.4 is 5.32 Å². The van der Waals surface area contributed by atoms with Crippen LogP contribution in [-0.4, -0.2) is 52.3 Å². The van der Waals surface area contributed by atoms with Crippen LogP contribution in [0.2, 0.25) is 0 Å². The van der Waals surface area contributed by atoms with E-state index in [4.69, 9.17) is 9.94 Å². The van der Waals surface area contributed by atoms with E-state index >= 15 is 0 Å². The van der Waals surface area contributed by atoms with Gasteiger partial charge >= 0.3 is 11.1 Å². The lowest BCUT2D eigenvalue weighted by atomic mass is 10.3. The third-order valence-electron chi connectivity index (χ3n) is 1.87. The number of amides is 1. The van der Waals surface area contributed by atoms with Crippen molar-refractivity contribution in [3.8, 4) is 0 Å². The first kappa shape index (κ1) is 18.2. The standard InChI is InChI=1S/C10H16N2O7S/c1-3-18-10(15)8(11-7(2)13)6-20-9(14)4-5-19-12(16)17/h8H,3-6H2,1-2H3,(H-,11,13,16,17)/p+1/t8-/m0/s1. The first-order valence-corrected chi connectivity index (χ1v) is 6.73. The molecule has 0 aromatic rings. The van der Waals surface area contributed by atoms with Crippen LogP contribution >= 0.6 is 11.8 Å². The minimum Gasteiger partial charge on any atom is -0.464 e. The number of nitrogens with zero attached hydrogens (tertiary/aromatic N) is 1. The Morgan fingerprint density at radius 3 is 2.55 bits per heavy atom. The van der Waals surface area contributed by atoms with Crippen molar-refractivity contribution in [1.29, 1.82) is 0 Å². The number of ether oxygens (including phenoxy) is 1. The zero-order valence-corrected chi connectivity index (χ0v) is 12.0. The van der Waals surface area contributed by atoms with Crippen LogP contribution in [0.5, 0.6) is 0 Å². The average molecular weight is 309 g/mol. The van der Waals surface area contributed by atoms with Crippen LogP contribution in [0.1, 0.15) is 20.3 Å². The average Bonchev–Trinajstić information content (AvgIpc) is 2.33. The van der Waals surface area contributed by atoms with E-state index in [2.05, 4.69) is 10.2 Å². The molecule has 0 aromatic carbocycles. The summed E-state index contributed by atoms with van der Waals surface area (Å²) in [7, 11) is 0. The summed E-state index contributed by atoms with van der Waals surface area (Å²) in [5.41, 5.74) is 0. The van der Waals surface area contributed by atoms with Gasteiger partial charge in [0, 0.05) is 12.7 Å². The fraction of sp³-hybridized carbons (Fsp3) is 0.700. The molecule has 0 saturated carbocycles. The highest BCUT2D eigenvalue weighted by atomic mass is 32.2. The van der Waals surface area contributed by atoms with E-state index in [0.29, 0.717) is 0 Å². The molecule has 0 unspecified atom stereocenters. The van der Waals surface area contributed by atoms with Gasteiger partial charge < -0.3 is 10.1 Å². The quantitative estimate of drug-likeness (QED) is 0.443. The minimum absolute atomic E-state index is 0.0114. The van der Waals surface area contributed by atoms with Crippen molar-refractivity contribution in [2.24, 2.45) is 0 Å². The number of carbonyl (C=O) groups is 3. The van der Waals surface area contributed by atoms with Gasteiger partial charge in [0.1, 0.15) is 10.9 Å². The van der Waals surface area contributed by atoms with Gasteiger partial charge in [-0.3, -0.25) is 9.59 Å². The molecule has 0 bridgehead atoms. The highest BCUT2D eigenvalue weighted by Gasteiger charge is 2.22. The lowest BCUT2D eigenvalue weighted by Gasteiger charge is -2.15. The van der Waals surface area contributed by atoms with Crippen LogP contribution in [0.4, 0.5) is 0 Å². The molecule has 1 atom stereocenters. The summed E-state index contributed by atoms with van der Waals surface area (Å²) in [6.45, 7) is 2.76. The van der Waals surface area contributed by atoms with E-state index in [1.54, 1.807) is 6.92 Å². The fourth-order valence-electron chi connectivity index (χ4n) is 1.11. The normalized spacial score (nSPS) is 11.3. The third kappa shape index (κ3) is 9.14. The Kier molecular flexibility index (Phi) is 9.09. The molecular weight excluding hydrogens is 292 g/mol. The second kappa shape index (κ2) is 10.0. The summed E-state index contributed by atoms with van der Waals surface area (Å²) in [5, 5.41) is 9.43. The van der Waals surface area contributed by atoms with Crippen molar-refractivity contribution in [3.63, 3.8) is 0 Å². The first-order valence-electron chi connectivity index (χ1n) is 5.75. The molecule has 0 aliphatic rings. The summed E-state index contributed by atoms with van der Waals surface area (Å²) in [6.07, 6.45) is -0.125. The SMILES string of the molecule is CCOC(=O)[C@H](CSC(=O)CCO[N+](=O)O)NC(C)=O. The maximum atomic E-state index is 11.5. The molecule has 20 heavy (non-hydrogen) atoms. The topological polar surface area (TPSA) is 122 Å². The van der Waals surface area contributed by atoms with E-state index in [0.717, 1.165) is 11.8 Å². The zero-order valence-electron chi connectivity index (χ0n) is 11.2. The molecule has 0 aliphatic carbocycles. The van der Waals surface area contributed by atoms with Crippen LogP contribution in [0.3, 0.4) is 0 Å². The van der Waals surface area contributed by atoms with E-state index in [1.165, 1.54) is 6.92 Å². The molecule has 0 heterocycles. The lowest BCUT2D eigenvalue weighted by Crippen LogP contribution is -2.42. The summed E-state index contributed by atoms with van der Waals surface area (Å²) < 4.78 is 4.77. The van der Waals surface area contributed by atoms with Gasteiger partial charge in [-0.05, 0) is 6.92 Å². The Balaban J connectivity index is 4.17. The largest absolute Gasteiger partial charge is 0.475 e. The monoisotopic (exact) mass is 309 g/mol. The van der Waals surface area contributed by atoms with Crippen molar-refractivity contribution < 1.29 is 34.3 Å². The number of esters is 1. The molecule has 0 spiro atoms. The fourth-order valence-corrected chi connectivity index (χ4v) is 1.91. The molecule has 1 amide bonds. The maximum Gasteiger partial charge on any atom is 0.475 e. The van der Waals surface area contributed by atoms with Crippen LogP contribution in [0, 0.1) is 4.91 Å². The van der Waals surface area contributed by atoms with Crippen LogP contribution in [0.25, 0.3) is 0 Å². The van der Waals surface area contributed by atoms with Gasteiger partial charge in [-0.1, -0.05) is 11.8 Å². The maximum absolute atomic E-state index is 11.5. The number of rotatable bonds is 9. The molecule has 2 N–H and O–H groups in total. The molecule has 0 fully saturated rings. The molecule has 0 aliphatic heterocycles. The second-order valence-electron chi connectivity index (χ2n) is 3.51. The predicted octanol–water partition coefficient (Wildman–Crippen LogP) is -0.196. The number of hydrogen-bond acceptors (Lipinski definition) is 7. The molecule has 0 rings (SSSR count). The van der Waals surface area contributed by atoms with E-state index in [1.807, 2.05) is 0 Å². The molecule has 0 radical (unpaired) electrons. The minimum atomic E-state index is -0.920. The number of hydrogen-bond donors (Lipinski definition) is 2. The Morgan fingerprint density at radius 2 is 2.05 bits per heavy atom.